The topological polar surface area (TPSA) is 151 Å². The summed E-state index contributed by atoms with van der Waals surface area (Å²) in [6.45, 7) is 12.1. The predicted molar refractivity (Wildman–Crippen MR) is 255 cm³/mol. The summed E-state index contributed by atoms with van der Waals surface area (Å²) in [5.74, 6) is 3.39. The van der Waals surface area contributed by atoms with E-state index in [-0.39, 0.29) is 39.3 Å². The number of benzene rings is 2. The highest BCUT2D eigenvalue weighted by Gasteiger charge is 2.18. The molecule has 8 rings (SSSR count). The van der Waals surface area contributed by atoms with Crippen LogP contribution in [0.4, 0.5) is 27.7 Å². The number of aryl methyl sites for hydroxylation is 4. The van der Waals surface area contributed by atoms with Crippen molar-refractivity contribution in [2.75, 3.05) is 41.7 Å². The highest BCUT2D eigenvalue weighted by atomic mass is 35.5. The Morgan fingerprint density at radius 3 is 1.59 bits per heavy atom. The molecular weight excluding hydrogens is 871 g/mol. The molecule has 3 N–H and O–H groups in total. The summed E-state index contributed by atoms with van der Waals surface area (Å²) in [5, 5.41) is 12.2. The van der Waals surface area contributed by atoms with E-state index in [1.807, 2.05) is 57.2 Å². The molecule has 2 aliphatic heterocycles. The Morgan fingerprint density at radius 2 is 1.15 bits per heavy atom. The third kappa shape index (κ3) is 14.2. The molecule has 0 unspecified atom stereocenters. The van der Waals surface area contributed by atoms with Crippen LogP contribution in [0.3, 0.4) is 0 Å². The Balaban J connectivity index is 0.000000235. The van der Waals surface area contributed by atoms with Crippen LogP contribution in [0.5, 0.6) is 0 Å². The lowest BCUT2D eigenvalue weighted by atomic mass is 10.0. The van der Waals surface area contributed by atoms with Gasteiger partial charge in [-0.05, 0) is 101 Å². The van der Waals surface area contributed by atoms with Crippen LogP contribution in [-0.2, 0) is 12.8 Å². The molecule has 6 aromatic rings. The second kappa shape index (κ2) is 23.6. The number of anilines is 5. The molecular formula is C44H53Cl3N10O2S2. The average molecular weight is 924 g/mol. The maximum atomic E-state index is 12.7. The van der Waals surface area contributed by atoms with Crippen molar-refractivity contribution in [3.63, 3.8) is 0 Å². The number of carbonyl (C=O) groups excluding carboxylic acids is 2. The molecule has 0 aliphatic carbocycles. The molecule has 0 amide bonds. The fourth-order valence-electron chi connectivity index (χ4n) is 6.36. The number of ketones is 2. The fourth-order valence-corrected chi connectivity index (χ4v) is 8.69. The summed E-state index contributed by atoms with van der Waals surface area (Å²) in [6, 6.07) is 14.8. The molecule has 2 aliphatic rings. The summed E-state index contributed by atoms with van der Waals surface area (Å²) < 4.78 is 0. The van der Waals surface area contributed by atoms with E-state index in [0.717, 1.165) is 41.2 Å². The minimum atomic E-state index is -0.0290. The van der Waals surface area contributed by atoms with Gasteiger partial charge in [0.2, 0.25) is 0 Å². The predicted octanol–water partition coefficient (Wildman–Crippen LogP) is 11.6. The van der Waals surface area contributed by atoms with E-state index in [1.54, 1.807) is 31.5 Å². The van der Waals surface area contributed by atoms with Crippen molar-refractivity contribution in [3.8, 4) is 0 Å². The van der Waals surface area contributed by atoms with Crippen LogP contribution >= 0.6 is 57.5 Å². The standard InChI is InChI=1S/C21H22ClN5OS.C17H14Cl2N4OS.C4H9N.2CH4/c1-13-6-5-7-16(22)15(13)10-17(28)18-12-23-21(29-18)26-19-11-20(25-14(2)24-19)27-8-3-4-9-27;1-9-4-3-5-12(18)11(9)6-13(24)14-8-20-17(25-14)23-16-7-15(19)21-10(2)22-16;1-2-4-5-3-1;;/h5-7,11-12H,3-4,8-10H2,1-2H3,(H,23,24,25,26);3-5,7-8H,6H2,1-2H3,(H,20,21,22,23);5H,1-4H2;2*1H4. The minimum Gasteiger partial charge on any atom is -0.356 e. The van der Waals surface area contributed by atoms with Crippen LogP contribution < -0.4 is 20.9 Å². The van der Waals surface area contributed by atoms with Crippen molar-refractivity contribution in [1.82, 2.24) is 35.2 Å². The second-order valence-corrected chi connectivity index (χ2v) is 17.3. The number of nitrogens with zero attached hydrogens (tertiary/aromatic N) is 7. The first kappa shape index (κ1) is 49.1. The van der Waals surface area contributed by atoms with Gasteiger partial charge in [-0.1, -0.05) is 96.6 Å². The molecule has 61 heavy (non-hydrogen) atoms. The molecule has 17 heteroatoms. The van der Waals surface area contributed by atoms with E-state index in [1.165, 1.54) is 61.4 Å². The number of nitrogens with one attached hydrogen (secondary N) is 3. The Bertz CT molecular complexity index is 2330. The van der Waals surface area contributed by atoms with E-state index < -0.39 is 0 Å². The van der Waals surface area contributed by atoms with Gasteiger partial charge in [-0.3, -0.25) is 9.59 Å². The molecule has 0 radical (unpaired) electrons. The van der Waals surface area contributed by atoms with Crippen molar-refractivity contribution >= 4 is 96.8 Å². The first-order valence-corrected chi connectivity index (χ1v) is 22.0. The van der Waals surface area contributed by atoms with Gasteiger partial charge in [-0.15, -0.1) is 0 Å². The first-order valence-electron chi connectivity index (χ1n) is 19.2. The first-order chi connectivity index (χ1) is 28.4. The van der Waals surface area contributed by atoms with E-state index >= 15 is 0 Å². The normalized spacial score (nSPS) is 12.9. The minimum absolute atomic E-state index is 0. The zero-order valence-electron chi connectivity index (χ0n) is 33.2. The van der Waals surface area contributed by atoms with Gasteiger partial charge in [0.15, 0.2) is 21.8 Å². The van der Waals surface area contributed by atoms with Crippen LogP contribution in [-0.4, -0.2) is 67.6 Å². The Labute approximate surface area is 382 Å². The van der Waals surface area contributed by atoms with Crippen molar-refractivity contribution in [3.05, 3.63) is 120 Å². The fraction of sp³-hybridized carbons (Fsp3) is 0.364. The number of hydrogen-bond donors (Lipinski definition) is 3. The number of hydrogen-bond acceptors (Lipinski definition) is 14. The Kier molecular flexibility index (Phi) is 19.0. The van der Waals surface area contributed by atoms with Crippen LogP contribution in [0, 0.1) is 27.7 Å². The van der Waals surface area contributed by atoms with Gasteiger partial charge in [-0.25, -0.2) is 29.9 Å². The number of aromatic nitrogens is 6. The molecule has 2 saturated heterocycles. The Morgan fingerprint density at radius 1 is 0.672 bits per heavy atom. The summed E-state index contributed by atoms with van der Waals surface area (Å²) in [5.41, 5.74) is 3.72. The maximum Gasteiger partial charge on any atom is 0.188 e. The highest BCUT2D eigenvalue weighted by Crippen LogP contribution is 2.29. The van der Waals surface area contributed by atoms with Gasteiger partial charge in [0.05, 0.1) is 22.1 Å². The van der Waals surface area contributed by atoms with Crippen molar-refractivity contribution in [2.45, 2.75) is 81.1 Å². The third-order valence-corrected chi connectivity index (χ3v) is 12.2. The van der Waals surface area contributed by atoms with Gasteiger partial charge in [0.1, 0.15) is 34.3 Å². The van der Waals surface area contributed by atoms with Gasteiger partial charge in [-0.2, -0.15) is 0 Å². The molecule has 0 bridgehead atoms. The number of carbonyl (C=O) groups is 2. The second-order valence-electron chi connectivity index (χ2n) is 14.0. The van der Waals surface area contributed by atoms with Gasteiger partial charge in [0, 0.05) is 48.1 Å². The van der Waals surface area contributed by atoms with Gasteiger partial charge in [0.25, 0.3) is 0 Å². The number of halogens is 3. The lowest BCUT2D eigenvalue weighted by Gasteiger charge is -2.17. The maximum absolute atomic E-state index is 12.7. The van der Waals surface area contributed by atoms with E-state index in [2.05, 4.69) is 50.8 Å². The molecule has 324 valence electrons. The molecule has 2 fully saturated rings. The zero-order valence-corrected chi connectivity index (χ0v) is 37.1. The molecule has 0 saturated carbocycles. The molecule has 2 aromatic carbocycles. The summed E-state index contributed by atoms with van der Waals surface area (Å²) in [4.78, 5) is 54.5. The quantitative estimate of drug-likeness (QED) is 0.0838. The zero-order chi connectivity index (χ0) is 41.9. The molecule has 0 spiro atoms. The highest BCUT2D eigenvalue weighted by molar-refractivity contribution is 7.17. The molecule has 0 atom stereocenters. The lowest BCUT2D eigenvalue weighted by Crippen LogP contribution is -2.19. The van der Waals surface area contributed by atoms with Gasteiger partial charge < -0.3 is 20.9 Å². The van der Waals surface area contributed by atoms with E-state index in [4.69, 9.17) is 34.8 Å². The lowest BCUT2D eigenvalue weighted by molar-refractivity contribution is 0.0988. The number of rotatable bonds is 11. The van der Waals surface area contributed by atoms with E-state index in [0.29, 0.717) is 58.5 Å². The Hall–Kier alpha value is -4.57. The van der Waals surface area contributed by atoms with Crippen LogP contribution in [0.25, 0.3) is 0 Å². The molecule has 6 heterocycles. The van der Waals surface area contributed by atoms with Crippen molar-refractivity contribution in [2.24, 2.45) is 0 Å². The summed E-state index contributed by atoms with van der Waals surface area (Å²) >= 11 is 21.0. The van der Waals surface area contributed by atoms with Gasteiger partial charge >= 0.3 is 0 Å². The number of Topliss-reactive ketones (excluding diaryl/α,β-unsaturated/α-hetero) is 2. The summed E-state index contributed by atoms with van der Waals surface area (Å²) in [6.07, 6.45) is 8.82. The average Bonchev–Trinajstić information content (AvgIpc) is 4.04. The summed E-state index contributed by atoms with van der Waals surface area (Å²) in [7, 11) is 0. The number of thiazole rings is 2. The van der Waals surface area contributed by atoms with Crippen molar-refractivity contribution in [1.29, 1.82) is 0 Å². The van der Waals surface area contributed by atoms with Crippen LogP contribution in [0.2, 0.25) is 15.2 Å². The van der Waals surface area contributed by atoms with Crippen LogP contribution in [0.1, 0.15) is 93.8 Å². The smallest absolute Gasteiger partial charge is 0.188 e. The third-order valence-electron chi connectivity index (χ3n) is 9.43. The molecule has 4 aromatic heterocycles. The van der Waals surface area contributed by atoms with Crippen molar-refractivity contribution < 1.29 is 9.59 Å². The van der Waals surface area contributed by atoms with Crippen LogP contribution in [0.15, 0.2) is 60.9 Å². The van der Waals surface area contributed by atoms with E-state index in [9.17, 15) is 9.59 Å². The largest absolute Gasteiger partial charge is 0.356 e. The molecule has 12 nitrogen and oxygen atoms in total. The SMILES string of the molecule is C.C.C1CCNC1.Cc1nc(Cl)cc(Nc2ncc(C(=O)Cc3c(C)cccc3Cl)s2)n1.Cc1nc(Nc2ncc(C(=O)Cc3c(C)cccc3Cl)s2)cc(N2CCCC2)n1. The monoisotopic (exact) mass is 922 g/mol.